The number of para-hydroxylation sites is 7. The van der Waals surface area contributed by atoms with Gasteiger partial charge in [0.2, 0.25) is 11.9 Å². The van der Waals surface area contributed by atoms with Crippen molar-refractivity contribution in [3.8, 4) is 29.0 Å². The quantitative estimate of drug-likeness (QED) is 0.179. The maximum Gasteiger partial charge on any atom is 0.240 e. The van der Waals surface area contributed by atoms with Crippen LogP contribution in [0.15, 0.2) is 186 Å². The normalized spacial score (nSPS) is 19.4. The van der Waals surface area contributed by atoms with Crippen LogP contribution in [-0.2, 0) is 0 Å². The highest BCUT2D eigenvalue weighted by atomic mass is 16.3. The molecule has 7 heteroatoms. The van der Waals surface area contributed by atoms with E-state index in [0.29, 0.717) is 0 Å². The summed E-state index contributed by atoms with van der Waals surface area (Å²) in [5.74, 6) is -3.01. The molecule has 13 rings (SSSR count). The number of nitrogens with zero attached hydrogens (tertiary/aromatic N) is 6. The molecule has 0 amide bonds. The van der Waals surface area contributed by atoms with Crippen LogP contribution < -0.4 is 0 Å². The van der Waals surface area contributed by atoms with Crippen LogP contribution in [0.4, 0.5) is 0 Å². The molecule has 0 aliphatic carbocycles. The number of rotatable bonds is 4. The minimum Gasteiger partial charge on any atom is -0.456 e. The Morgan fingerprint density at radius 2 is 0.793 bits per heavy atom. The third-order valence-electron chi connectivity index (χ3n) is 9.67. The Balaban J connectivity index is 1.35. The van der Waals surface area contributed by atoms with E-state index in [-0.39, 0.29) is 0 Å². The molecule has 8 aromatic carbocycles. The monoisotopic (exact) mass is 772 g/mol. The largest absolute Gasteiger partial charge is 0.456 e. The molecule has 0 bridgehead atoms. The van der Waals surface area contributed by atoms with Gasteiger partial charge in [0.1, 0.15) is 11.2 Å². The van der Waals surface area contributed by atoms with Gasteiger partial charge in [-0.3, -0.25) is 9.13 Å². The van der Waals surface area contributed by atoms with E-state index < -0.39 is 298 Å². The van der Waals surface area contributed by atoms with Crippen LogP contribution in [0.25, 0.3) is 116 Å². The number of furan rings is 1. The first-order valence-electron chi connectivity index (χ1n) is 32.0. The third kappa shape index (κ3) is 4.24. The SMILES string of the molecule is [2H]c1c([2H])c([2H])c(-n2c3c([2H])c([2H])c([2H])c([2H])c3c3c([2H])c([2H])c4oc5c([2H])c([2H])c([2H])c([2H])c5c4c32)c(-c2nc(-n3c4c([2H])c([2H])c([2H])c([2H])c4c4c([2H])c([2H])c([2H])c([2H])c43)nc(-n3c4c([2H])c([2H])c([2H])c([2H])c4c4c([2H])c([2H])c([2H])c([2H])c43)n2)c1[2H]. The highest BCUT2D eigenvalue weighted by Crippen LogP contribution is 2.43. The van der Waals surface area contributed by atoms with Crippen LogP contribution in [0.2, 0.25) is 0 Å². The van der Waals surface area contributed by atoms with Gasteiger partial charge in [-0.2, -0.15) is 15.0 Å². The summed E-state index contributed by atoms with van der Waals surface area (Å²) in [5.41, 5.74) is -7.01. The summed E-state index contributed by atoms with van der Waals surface area (Å²) in [7, 11) is 0. The fourth-order valence-electron chi connectivity index (χ4n) is 7.37. The van der Waals surface area contributed by atoms with Crippen LogP contribution in [0.1, 0.15) is 41.1 Å². The third-order valence-corrected chi connectivity index (χ3v) is 9.67. The first kappa shape index (κ1) is 14.2. The van der Waals surface area contributed by atoms with Crippen molar-refractivity contribution in [3.63, 3.8) is 0 Å². The minimum absolute atomic E-state index is 0.483. The Morgan fingerprint density at radius 1 is 0.362 bits per heavy atom. The summed E-state index contributed by atoms with van der Waals surface area (Å²) in [4.78, 5) is 14.0. The van der Waals surface area contributed by atoms with Gasteiger partial charge in [-0.25, -0.2) is 0 Å². The zero-order valence-electron chi connectivity index (χ0n) is 58.6. The van der Waals surface area contributed by atoms with Crippen LogP contribution >= 0.6 is 0 Å². The molecule has 0 N–H and O–H groups in total. The topological polar surface area (TPSA) is 66.6 Å². The Morgan fingerprint density at radius 3 is 1.34 bits per heavy atom. The highest BCUT2D eigenvalue weighted by molar-refractivity contribution is 6.24. The van der Waals surface area contributed by atoms with Crippen LogP contribution in [0.3, 0.4) is 0 Å². The molecule has 7 nitrogen and oxygen atoms in total. The maximum absolute atomic E-state index is 9.89. The van der Waals surface area contributed by atoms with Crippen molar-refractivity contribution in [2.45, 2.75) is 0 Å². The molecule has 0 unspecified atom stereocenters. The molecule has 0 atom stereocenters. The molecule has 0 aliphatic rings. The van der Waals surface area contributed by atoms with E-state index in [0.717, 1.165) is 13.7 Å². The molecule has 0 spiro atoms. The van der Waals surface area contributed by atoms with Gasteiger partial charge in [0.05, 0.1) is 85.3 Å². The zero-order chi connectivity index (χ0) is 64.0. The lowest BCUT2D eigenvalue weighted by Gasteiger charge is -2.16. The summed E-state index contributed by atoms with van der Waals surface area (Å²) < 4.78 is 281. The number of fused-ring (bicyclic) bond motifs is 13. The van der Waals surface area contributed by atoms with E-state index in [1.807, 2.05) is 0 Å². The predicted molar refractivity (Wildman–Crippen MR) is 236 cm³/mol. The molecule has 0 fully saturated rings. The summed E-state index contributed by atoms with van der Waals surface area (Å²) in [6.07, 6.45) is 0. The van der Waals surface area contributed by atoms with Crippen molar-refractivity contribution < 1.29 is 45.5 Å². The summed E-state index contributed by atoms with van der Waals surface area (Å²) in [6, 6.07) is -27.5. The number of aromatic nitrogens is 6. The van der Waals surface area contributed by atoms with Crippen molar-refractivity contribution in [1.82, 2.24) is 28.7 Å². The van der Waals surface area contributed by atoms with E-state index in [2.05, 4.69) is 15.0 Å². The average molecular weight is 773 g/mol. The average Bonchev–Trinajstić information content (AvgIpc) is 1.54. The number of hydrogen-bond donors (Lipinski definition) is 0. The molecular formula is C51H30N6O. The number of hydrogen-bond acceptors (Lipinski definition) is 4. The van der Waals surface area contributed by atoms with Crippen molar-refractivity contribution in [1.29, 1.82) is 0 Å². The van der Waals surface area contributed by atoms with Crippen LogP contribution in [-0.4, -0.2) is 28.7 Å². The summed E-state index contributed by atoms with van der Waals surface area (Å²) in [5, 5.41) is -4.29. The summed E-state index contributed by atoms with van der Waals surface area (Å²) >= 11 is 0. The van der Waals surface area contributed by atoms with Gasteiger partial charge in [-0.05, 0) is 60.4 Å². The van der Waals surface area contributed by atoms with Gasteiger partial charge >= 0.3 is 0 Å². The molecule has 0 saturated heterocycles. The molecule has 5 aromatic heterocycles. The summed E-state index contributed by atoms with van der Waals surface area (Å²) in [6.45, 7) is 0. The first-order chi connectivity index (χ1) is 41.3. The predicted octanol–water partition coefficient (Wildman–Crippen LogP) is 12.7. The molecule has 0 radical (unpaired) electrons. The second-order valence-electron chi connectivity index (χ2n) is 12.6. The Kier molecular flexibility index (Phi) is 2.87. The van der Waals surface area contributed by atoms with E-state index in [9.17, 15) is 17.8 Å². The lowest BCUT2D eigenvalue weighted by molar-refractivity contribution is 0.669. The highest BCUT2D eigenvalue weighted by Gasteiger charge is 2.24. The molecule has 5 heterocycles. The second-order valence-corrected chi connectivity index (χ2v) is 12.6. The lowest BCUT2D eigenvalue weighted by atomic mass is 10.1. The molecule has 270 valence electrons. The van der Waals surface area contributed by atoms with Crippen molar-refractivity contribution >= 4 is 87.4 Å². The fourth-order valence-corrected chi connectivity index (χ4v) is 7.37. The van der Waals surface area contributed by atoms with Crippen LogP contribution in [0.5, 0.6) is 0 Å². The van der Waals surface area contributed by atoms with E-state index in [1.165, 1.54) is 0 Å². The van der Waals surface area contributed by atoms with Gasteiger partial charge in [-0.1, -0.05) is 121 Å². The molecule has 0 aliphatic heterocycles. The number of benzene rings is 8. The molecule has 58 heavy (non-hydrogen) atoms. The lowest BCUT2D eigenvalue weighted by Crippen LogP contribution is -2.11. The van der Waals surface area contributed by atoms with E-state index >= 15 is 0 Å². The van der Waals surface area contributed by atoms with Crippen molar-refractivity contribution in [3.05, 3.63) is 181 Å². The molecular weight excluding hydrogens is 713 g/mol. The molecule has 0 saturated carbocycles. The fraction of sp³-hybridized carbons (Fsp3) is 0. The minimum atomic E-state index is -1.13. The Labute approximate surface area is 372 Å². The van der Waals surface area contributed by atoms with E-state index in [4.69, 9.17) is 27.7 Å². The Hall–Kier alpha value is -8.03. The first-order valence-corrected chi connectivity index (χ1v) is 17.0. The smallest absolute Gasteiger partial charge is 0.240 e. The van der Waals surface area contributed by atoms with Gasteiger partial charge in [0.15, 0.2) is 5.82 Å². The zero-order valence-corrected chi connectivity index (χ0v) is 28.6. The van der Waals surface area contributed by atoms with Crippen LogP contribution in [0, 0.1) is 0 Å². The van der Waals surface area contributed by atoms with Gasteiger partial charge in [-0.15, -0.1) is 0 Å². The van der Waals surface area contributed by atoms with E-state index in [1.54, 1.807) is 0 Å². The van der Waals surface area contributed by atoms with Crippen molar-refractivity contribution in [2.75, 3.05) is 0 Å². The molecule has 13 aromatic rings. The maximum atomic E-state index is 9.89. The Bertz CT molecular complexity index is 5260. The standard InChI is InChI=1S/C51H30N6O/c1-9-23-40-31(15-1)32-16-2-10-24-41(32)56(40)50-52-49(53-51(54-50)57-42-25-11-3-17-33(42)34-18-4-12-26-43(34)57)37-20-6-13-27-44(37)55-39-22-8-5-19-35(39)36-29-30-46-47(48(36)55)38-21-7-14-28-45(38)58-46/h1-30H/i1D,2D,3D,4D,5D,6D,7D,8D,9D,10D,11D,12D,13D,14D,15D,16D,17D,18D,19D,20D,21D,22D,23D,24D,25D,26D,27D,28D,29D,30D. The van der Waals surface area contributed by atoms with Gasteiger partial charge in [0, 0.05) is 43.3 Å². The van der Waals surface area contributed by atoms with Gasteiger partial charge in [0.25, 0.3) is 0 Å². The van der Waals surface area contributed by atoms with Crippen molar-refractivity contribution in [2.24, 2.45) is 0 Å². The second kappa shape index (κ2) is 11.7. The van der Waals surface area contributed by atoms with Gasteiger partial charge < -0.3 is 8.98 Å².